The zero-order chi connectivity index (χ0) is 16.9. The van der Waals surface area contributed by atoms with Crippen molar-refractivity contribution < 1.29 is 9.50 Å². The summed E-state index contributed by atoms with van der Waals surface area (Å²) in [6.07, 6.45) is -0.736. The van der Waals surface area contributed by atoms with Crippen molar-refractivity contribution in [2.24, 2.45) is 0 Å². The second-order valence-electron chi connectivity index (χ2n) is 5.21. The molecule has 2 aromatic carbocycles. The Bertz CT molecular complexity index is 811. The Hall–Kier alpha value is -2.51. The number of nitrogens with one attached hydrogen (secondary N) is 1. The quantitative estimate of drug-likeness (QED) is 0.717. The van der Waals surface area contributed by atoms with Crippen LogP contribution in [-0.4, -0.2) is 38.0 Å². The Balaban J connectivity index is 1.62. The topological polar surface area (TPSA) is 75.9 Å². The van der Waals surface area contributed by atoms with Gasteiger partial charge in [-0.3, -0.25) is 0 Å². The molecule has 0 fully saturated rings. The van der Waals surface area contributed by atoms with Crippen molar-refractivity contribution in [3.8, 4) is 11.4 Å². The van der Waals surface area contributed by atoms with Crippen molar-refractivity contribution in [1.29, 1.82) is 0 Å². The summed E-state index contributed by atoms with van der Waals surface area (Å²) < 4.78 is 14.7. The van der Waals surface area contributed by atoms with E-state index in [2.05, 4.69) is 20.8 Å². The molecule has 3 aromatic rings. The van der Waals surface area contributed by atoms with Crippen molar-refractivity contribution in [2.45, 2.75) is 12.6 Å². The minimum Gasteiger partial charge on any atom is -0.389 e. The Kier molecular flexibility index (Phi) is 5.02. The smallest absolute Gasteiger partial charge is 0.182 e. The highest BCUT2D eigenvalue weighted by molar-refractivity contribution is 6.31. The molecule has 8 heteroatoms. The molecule has 1 atom stereocenters. The molecule has 1 heterocycles. The van der Waals surface area contributed by atoms with Crippen LogP contribution in [0.1, 0.15) is 0 Å². The minimum absolute atomic E-state index is 0.0290. The normalized spacial score (nSPS) is 12.1. The molecule has 0 aliphatic rings. The highest BCUT2D eigenvalue weighted by atomic mass is 35.5. The predicted octanol–water partition coefficient (Wildman–Crippen LogP) is 2.61. The van der Waals surface area contributed by atoms with Gasteiger partial charge in [-0.2, -0.15) is 0 Å². The summed E-state index contributed by atoms with van der Waals surface area (Å²) in [5, 5.41) is 24.8. The van der Waals surface area contributed by atoms with Gasteiger partial charge in [-0.05, 0) is 28.6 Å². The summed E-state index contributed by atoms with van der Waals surface area (Å²) in [5.74, 6) is 0.100. The first kappa shape index (κ1) is 16.4. The number of aliphatic hydroxyl groups is 1. The van der Waals surface area contributed by atoms with E-state index in [9.17, 15) is 9.50 Å². The average Bonchev–Trinajstić information content (AvgIpc) is 3.05. The fourth-order valence-corrected chi connectivity index (χ4v) is 2.41. The van der Waals surface area contributed by atoms with Gasteiger partial charge in [0.1, 0.15) is 5.82 Å². The van der Waals surface area contributed by atoms with E-state index in [0.29, 0.717) is 11.5 Å². The predicted molar refractivity (Wildman–Crippen MR) is 89.2 cm³/mol. The maximum atomic E-state index is 13.1. The van der Waals surface area contributed by atoms with E-state index in [0.717, 1.165) is 5.56 Å². The molecule has 0 aliphatic heterocycles. The second kappa shape index (κ2) is 7.37. The van der Waals surface area contributed by atoms with E-state index < -0.39 is 11.9 Å². The van der Waals surface area contributed by atoms with Crippen LogP contribution in [0.15, 0.2) is 48.5 Å². The molecule has 0 saturated carbocycles. The largest absolute Gasteiger partial charge is 0.389 e. The van der Waals surface area contributed by atoms with Gasteiger partial charge < -0.3 is 10.4 Å². The van der Waals surface area contributed by atoms with Gasteiger partial charge in [-0.1, -0.05) is 41.9 Å². The summed E-state index contributed by atoms with van der Waals surface area (Å²) in [5.41, 5.74) is 1.49. The molecule has 0 aliphatic carbocycles. The third-order valence-corrected chi connectivity index (χ3v) is 3.70. The number of aliphatic hydroxyl groups excluding tert-OH is 1. The summed E-state index contributed by atoms with van der Waals surface area (Å²) in [4.78, 5) is 0. The maximum Gasteiger partial charge on any atom is 0.182 e. The first-order valence-electron chi connectivity index (χ1n) is 7.32. The number of nitrogens with zero attached hydrogens (tertiary/aromatic N) is 4. The van der Waals surface area contributed by atoms with Crippen LogP contribution in [0.25, 0.3) is 11.4 Å². The lowest BCUT2D eigenvalue weighted by Gasteiger charge is -2.14. The Morgan fingerprint density at radius 3 is 2.75 bits per heavy atom. The molecule has 0 bridgehead atoms. The fraction of sp³-hybridized carbons (Fsp3) is 0.188. The van der Waals surface area contributed by atoms with E-state index in [-0.39, 0.29) is 18.1 Å². The number of anilines is 1. The minimum atomic E-state index is -0.736. The van der Waals surface area contributed by atoms with Crippen LogP contribution in [-0.2, 0) is 6.54 Å². The number of hydrogen-bond acceptors (Lipinski definition) is 5. The number of tetrazole rings is 1. The molecule has 6 nitrogen and oxygen atoms in total. The lowest BCUT2D eigenvalue weighted by Crippen LogP contribution is -2.26. The van der Waals surface area contributed by atoms with E-state index in [1.165, 1.54) is 12.1 Å². The molecule has 3 rings (SSSR count). The average molecular weight is 348 g/mol. The molecule has 0 radical (unpaired) electrons. The Morgan fingerprint density at radius 2 is 2.00 bits per heavy atom. The Morgan fingerprint density at radius 1 is 1.21 bits per heavy atom. The van der Waals surface area contributed by atoms with E-state index >= 15 is 0 Å². The highest BCUT2D eigenvalue weighted by Gasteiger charge is 2.13. The fourth-order valence-electron chi connectivity index (χ4n) is 2.23. The van der Waals surface area contributed by atoms with Gasteiger partial charge >= 0.3 is 0 Å². The summed E-state index contributed by atoms with van der Waals surface area (Å²) in [6, 6.07) is 13.8. The number of benzene rings is 2. The lowest BCUT2D eigenvalue weighted by molar-refractivity contribution is 0.161. The van der Waals surface area contributed by atoms with Crippen molar-refractivity contribution >= 4 is 17.3 Å². The molecule has 1 aromatic heterocycles. The monoisotopic (exact) mass is 347 g/mol. The molecular weight excluding hydrogens is 333 g/mol. The third-order valence-electron chi connectivity index (χ3n) is 3.41. The maximum absolute atomic E-state index is 13.1. The van der Waals surface area contributed by atoms with E-state index in [4.69, 9.17) is 11.6 Å². The first-order chi connectivity index (χ1) is 11.6. The van der Waals surface area contributed by atoms with Crippen LogP contribution in [0.5, 0.6) is 0 Å². The summed E-state index contributed by atoms with van der Waals surface area (Å²) in [7, 11) is 0. The Labute approximate surface area is 142 Å². The van der Waals surface area contributed by atoms with Crippen LogP contribution < -0.4 is 5.32 Å². The molecule has 124 valence electrons. The molecule has 0 amide bonds. The van der Waals surface area contributed by atoms with Crippen molar-refractivity contribution in [2.75, 3.05) is 11.9 Å². The zero-order valence-corrected chi connectivity index (χ0v) is 13.4. The number of rotatable bonds is 6. The van der Waals surface area contributed by atoms with Crippen molar-refractivity contribution in [3.63, 3.8) is 0 Å². The first-order valence-corrected chi connectivity index (χ1v) is 7.70. The van der Waals surface area contributed by atoms with Gasteiger partial charge in [0.15, 0.2) is 5.82 Å². The van der Waals surface area contributed by atoms with Crippen LogP contribution in [0, 0.1) is 5.82 Å². The SMILES string of the molecule is OC(CNc1ccc(F)c(Cl)c1)Cn1nnnc1-c1ccccc1. The number of aromatic nitrogens is 4. The highest BCUT2D eigenvalue weighted by Crippen LogP contribution is 2.19. The van der Waals surface area contributed by atoms with Crippen LogP contribution >= 0.6 is 11.6 Å². The van der Waals surface area contributed by atoms with Crippen LogP contribution in [0.2, 0.25) is 5.02 Å². The summed E-state index contributed by atoms with van der Waals surface area (Å²) >= 11 is 5.72. The molecule has 1 unspecified atom stereocenters. The van der Waals surface area contributed by atoms with Crippen LogP contribution in [0.3, 0.4) is 0 Å². The number of hydrogen-bond donors (Lipinski definition) is 2. The van der Waals surface area contributed by atoms with Gasteiger partial charge in [0.05, 0.1) is 17.7 Å². The molecule has 2 N–H and O–H groups in total. The molecule has 0 saturated heterocycles. The molecule has 0 spiro atoms. The molecule has 24 heavy (non-hydrogen) atoms. The van der Waals surface area contributed by atoms with Crippen LogP contribution in [0.4, 0.5) is 10.1 Å². The van der Waals surface area contributed by atoms with Crippen molar-refractivity contribution in [3.05, 3.63) is 59.4 Å². The number of halogens is 2. The zero-order valence-electron chi connectivity index (χ0n) is 12.6. The van der Waals surface area contributed by atoms with Crippen molar-refractivity contribution in [1.82, 2.24) is 20.2 Å². The lowest BCUT2D eigenvalue weighted by atomic mass is 10.2. The molecular formula is C16H15ClFN5O. The third kappa shape index (κ3) is 3.87. The second-order valence-corrected chi connectivity index (χ2v) is 5.62. The van der Waals surface area contributed by atoms with Gasteiger partial charge in [-0.25, -0.2) is 9.07 Å². The van der Waals surface area contributed by atoms with E-state index in [1.54, 1.807) is 10.7 Å². The van der Waals surface area contributed by atoms with Gasteiger partial charge in [0, 0.05) is 17.8 Å². The standard InChI is InChI=1S/C16H15ClFN5O/c17-14-8-12(6-7-15(14)18)19-9-13(24)10-23-16(20-21-22-23)11-4-2-1-3-5-11/h1-8,13,19,24H,9-10H2. The van der Waals surface area contributed by atoms with Gasteiger partial charge in [0.2, 0.25) is 0 Å². The van der Waals surface area contributed by atoms with Gasteiger partial charge in [-0.15, -0.1) is 5.10 Å². The summed E-state index contributed by atoms with van der Waals surface area (Å²) in [6.45, 7) is 0.467. The van der Waals surface area contributed by atoms with E-state index in [1.807, 2.05) is 30.3 Å². The van der Waals surface area contributed by atoms with Gasteiger partial charge in [0.25, 0.3) is 0 Å².